The number of nitrogens with one attached hydrogen (secondary N) is 1. The van der Waals surface area contributed by atoms with Crippen LogP contribution in [-0.2, 0) is 10.8 Å². The molecule has 0 fully saturated rings. The van der Waals surface area contributed by atoms with Gasteiger partial charge in [0.15, 0.2) is 5.78 Å². The third kappa shape index (κ3) is 5.98. The predicted octanol–water partition coefficient (Wildman–Crippen LogP) is 7.49. The topological polar surface area (TPSA) is 58.6 Å². The molecule has 0 saturated heterocycles. The van der Waals surface area contributed by atoms with Gasteiger partial charge in [0, 0.05) is 29.4 Å². The molecule has 0 unspecified atom stereocenters. The molecular weight excluding hydrogens is 410 g/mol. The summed E-state index contributed by atoms with van der Waals surface area (Å²) >= 11 is 0. The van der Waals surface area contributed by atoms with Crippen molar-refractivity contribution in [3.05, 3.63) is 58.7 Å². The molecule has 0 radical (unpaired) electrons. The van der Waals surface area contributed by atoms with Gasteiger partial charge in [0.05, 0.1) is 11.7 Å². The minimum absolute atomic E-state index is 0.0715. The van der Waals surface area contributed by atoms with E-state index >= 15 is 0 Å². The van der Waals surface area contributed by atoms with Crippen LogP contribution < -0.4 is 10.1 Å². The summed E-state index contributed by atoms with van der Waals surface area (Å²) in [7, 11) is 1.84. The lowest BCUT2D eigenvalue weighted by Crippen LogP contribution is -2.23. The van der Waals surface area contributed by atoms with Crippen LogP contribution >= 0.6 is 0 Å². The van der Waals surface area contributed by atoms with Crippen LogP contribution in [0.4, 0.5) is 5.69 Å². The summed E-state index contributed by atoms with van der Waals surface area (Å²) in [5.41, 5.74) is 3.65. The van der Waals surface area contributed by atoms with Crippen LogP contribution in [0.5, 0.6) is 11.5 Å². The van der Waals surface area contributed by atoms with Gasteiger partial charge in [-0.3, -0.25) is 4.79 Å². The van der Waals surface area contributed by atoms with Gasteiger partial charge in [-0.1, -0.05) is 41.5 Å². The summed E-state index contributed by atoms with van der Waals surface area (Å²) in [6.45, 7) is 16.9. The molecular formula is C29H41NO3. The second-order valence-electron chi connectivity index (χ2n) is 10.2. The van der Waals surface area contributed by atoms with E-state index in [2.05, 4.69) is 52.9 Å². The average molecular weight is 452 g/mol. The predicted molar refractivity (Wildman–Crippen MR) is 140 cm³/mol. The fraction of sp³-hybridized carbons (Fsp3) is 0.483. The molecule has 4 heteroatoms. The Labute approximate surface area is 200 Å². The number of allylic oxidation sites excluding steroid dienone is 1. The van der Waals surface area contributed by atoms with Crippen LogP contribution in [0.3, 0.4) is 0 Å². The van der Waals surface area contributed by atoms with E-state index in [4.69, 9.17) is 4.74 Å². The molecule has 0 aromatic heterocycles. The number of carbonyl (C=O) groups excluding carboxylic acids is 1. The second kappa shape index (κ2) is 10.5. The number of anilines is 1. The molecule has 2 aromatic carbocycles. The molecule has 0 saturated carbocycles. The fourth-order valence-electron chi connectivity index (χ4n) is 3.65. The smallest absolute Gasteiger partial charge is 0.185 e. The van der Waals surface area contributed by atoms with Crippen molar-refractivity contribution in [1.29, 1.82) is 0 Å². The van der Waals surface area contributed by atoms with Crippen molar-refractivity contribution in [2.45, 2.75) is 85.2 Å². The Bertz CT molecular complexity index is 999. The number of benzene rings is 2. The molecule has 2 rings (SSSR count). The largest absolute Gasteiger partial charge is 0.507 e. The maximum atomic E-state index is 12.9. The Morgan fingerprint density at radius 3 is 2.06 bits per heavy atom. The average Bonchev–Trinajstić information content (AvgIpc) is 2.77. The Hall–Kier alpha value is -2.75. The monoisotopic (exact) mass is 451 g/mol. The summed E-state index contributed by atoms with van der Waals surface area (Å²) in [6.07, 6.45) is 4.96. The van der Waals surface area contributed by atoms with E-state index in [1.807, 2.05) is 33.0 Å². The van der Waals surface area contributed by atoms with Crippen molar-refractivity contribution >= 4 is 17.5 Å². The summed E-state index contributed by atoms with van der Waals surface area (Å²) in [5.74, 6) is 0.714. The normalized spacial score (nSPS) is 12.4. The van der Waals surface area contributed by atoms with Gasteiger partial charge in [-0.2, -0.15) is 0 Å². The van der Waals surface area contributed by atoms with Gasteiger partial charge < -0.3 is 15.2 Å². The third-order valence-corrected chi connectivity index (χ3v) is 6.73. The molecule has 0 aliphatic carbocycles. The van der Waals surface area contributed by atoms with Crippen LogP contribution in [0.25, 0.3) is 6.08 Å². The fourth-order valence-corrected chi connectivity index (χ4v) is 3.65. The quantitative estimate of drug-likeness (QED) is 0.290. The van der Waals surface area contributed by atoms with E-state index in [1.165, 1.54) is 6.08 Å². The molecule has 4 nitrogen and oxygen atoms in total. The van der Waals surface area contributed by atoms with E-state index in [-0.39, 0.29) is 28.5 Å². The van der Waals surface area contributed by atoms with Crippen LogP contribution in [0.15, 0.2) is 36.4 Å². The van der Waals surface area contributed by atoms with Crippen molar-refractivity contribution in [3.63, 3.8) is 0 Å². The van der Waals surface area contributed by atoms with Gasteiger partial charge in [-0.25, -0.2) is 0 Å². The van der Waals surface area contributed by atoms with Gasteiger partial charge in [-0.15, -0.1) is 0 Å². The first kappa shape index (κ1) is 26.5. The standard InChI is InChI=1S/C29H41NO3/c1-10-28(5,6)23-18-24(29(7,8)11-2)27(33-19(3)4)22(26(23)32)16-17-25(31)20-12-14-21(30-9)15-13-20/h12-19,30,32H,10-11H2,1-9H3. The highest BCUT2D eigenvalue weighted by molar-refractivity contribution is 6.07. The van der Waals surface area contributed by atoms with Crippen molar-refractivity contribution in [2.24, 2.45) is 0 Å². The molecule has 33 heavy (non-hydrogen) atoms. The number of hydrogen-bond acceptors (Lipinski definition) is 4. The Balaban J connectivity index is 2.73. The zero-order valence-electron chi connectivity index (χ0n) is 21.8. The number of ether oxygens (including phenoxy) is 1. The summed E-state index contributed by atoms with van der Waals surface area (Å²) in [6, 6.07) is 9.45. The van der Waals surface area contributed by atoms with Gasteiger partial charge in [0.2, 0.25) is 0 Å². The molecule has 2 aromatic rings. The number of rotatable bonds is 10. The zero-order chi connectivity index (χ0) is 25.0. The molecule has 0 heterocycles. The van der Waals surface area contributed by atoms with E-state index in [9.17, 15) is 9.90 Å². The van der Waals surface area contributed by atoms with Gasteiger partial charge >= 0.3 is 0 Å². The lowest BCUT2D eigenvalue weighted by molar-refractivity contribution is 0.104. The highest BCUT2D eigenvalue weighted by Crippen LogP contribution is 2.47. The van der Waals surface area contributed by atoms with Crippen molar-refractivity contribution < 1.29 is 14.6 Å². The van der Waals surface area contributed by atoms with Gasteiger partial charge in [0.25, 0.3) is 0 Å². The van der Waals surface area contributed by atoms with Gasteiger partial charge in [0.1, 0.15) is 11.5 Å². The zero-order valence-corrected chi connectivity index (χ0v) is 21.8. The Morgan fingerprint density at radius 1 is 1.03 bits per heavy atom. The number of ketones is 1. The third-order valence-electron chi connectivity index (χ3n) is 6.73. The minimum Gasteiger partial charge on any atom is -0.507 e. The number of aromatic hydroxyl groups is 1. The van der Waals surface area contributed by atoms with E-state index in [0.717, 1.165) is 29.7 Å². The maximum Gasteiger partial charge on any atom is 0.185 e. The minimum atomic E-state index is -0.228. The number of phenols is 1. The maximum absolute atomic E-state index is 12.9. The van der Waals surface area contributed by atoms with Crippen LogP contribution in [0, 0.1) is 0 Å². The summed E-state index contributed by atoms with van der Waals surface area (Å²) in [5, 5.41) is 14.5. The lowest BCUT2D eigenvalue weighted by Gasteiger charge is -2.33. The molecule has 180 valence electrons. The molecule has 0 aliphatic rings. The van der Waals surface area contributed by atoms with Crippen LogP contribution in [-0.4, -0.2) is 24.0 Å². The van der Waals surface area contributed by atoms with Crippen LogP contribution in [0.2, 0.25) is 0 Å². The highest BCUT2D eigenvalue weighted by atomic mass is 16.5. The first-order chi connectivity index (χ1) is 15.4. The SMILES string of the molecule is CCC(C)(C)c1cc(C(C)(C)CC)c(OC(C)C)c(C=CC(=O)c2ccc(NC)cc2)c1O. The van der Waals surface area contributed by atoms with E-state index < -0.39 is 0 Å². The molecule has 0 spiro atoms. The molecule has 0 amide bonds. The Kier molecular flexibility index (Phi) is 8.40. The highest BCUT2D eigenvalue weighted by Gasteiger charge is 2.32. The molecule has 0 aliphatic heterocycles. The van der Waals surface area contributed by atoms with Gasteiger partial charge in [-0.05, 0) is 80.0 Å². The van der Waals surface area contributed by atoms with Crippen molar-refractivity contribution in [3.8, 4) is 11.5 Å². The molecule has 2 N–H and O–H groups in total. The lowest BCUT2D eigenvalue weighted by atomic mass is 9.74. The number of carbonyl (C=O) groups is 1. The summed E-state index contributed by atoms with van der Waals surface area (Å²) in [4.78, 5) is 12.9. The summed E-state index contributed by atoms with van der Waals surface area (Å²) < 4.78 is 6.28. The van der Waals surface area contributed by atoms with Crippen LogP contribution in [0.1, 0.15) is 95.3 Å². The van der Waals surface area contributed by atoms with Crippen molar-refractivity contribution in [2.75, 3.05) is 12.4 Å². The Morgan fingerprint density at radius 2 is 1.58 bits per heavy atom. The van der Waals surface area contributed by atoms with Crippen molar-refractivity contribution in [1.82, 2.24) is 0 Å². The first-order valence-electron chi connectivity index (χ1n) is 12.0. The number of phenolic OH excluding ortho intramolecular Hbond substituents is 1. The molecule has 0 bridgehead atoms. The first-order valence-corrected chi connectivity index (χ1v) is 12.0. The van der Waals surface area contributed by atoms with E-state index in [0.29, 0.717) is 16.9 Å². The molecule has 0 atom stereocenters. The second-order valence-corrected chi connectivity index (χ2v) is 10.2. The number of hydrogen-bond donors (Lipinski definition) is 2. The van der Waals surface area contributed by atoms with E-state index in [1.54, 1.807) is 18.2 Å².